The maximum Gasteiger partial charge on any atom is 0.328 e. The van der Waals surface area contributed by atoms with Gasteiger partial charge in [-0.15, -0.1) is 0 Å². The smallest absolute Gasteiger partial charge is 0.328 e. The number of hydrogen-bond donors (Lipinski definition) is 1. The van der Waals surface area contributed by atoms with E-state index in [9.17, 15) is 4.79 Å². The van der Waals surface area contributed by atoms with E-state index in [1.165, 1.54) is 82.3 Å². The van der Waals surface area contributed by atoms with Crippen LogP contribution in [0.5, 0.6) is 0 Å². The van der Waals surface area contributed by atoms with Crippen molar-refractivity contribution in [3.8, 4) is 0 Å². The van der Waals surface area contributed by atoms with Crippen LogP contribution in [0, 0.1) is 11.8 Å². The van der Waals surface area contributed by atoms with Gasteiger partial charge in [0.25, 0.3) is 0 Å². The minimum absolute atomic E-state index is 0.830. The van der Waals surface area contributed by atoms with E-state index >= 15 is 0 Å². The predicted molar refractivity (Wildman–Crippen MR) is 106 cm³/mol. The fourth-order valence-corrected chi connectivity index (χ4v) is 4.03. The van der Waals surface area contributed by atoms with Crippen molar-refractivity contribution in [1.29, 1.82) is 0 Å². The largest absolute Gasteiger partial charge is 0.478 e. The molecule has 2 heteroatoms. The van der Waals surface area contributed by atoms with Crippen LogP contribution < -0.4 is 0 Å². The van der Waals surface area contributed by atoms with Crippen LogP contribution in [0.15, 0.2) is 30.3 Å². The van der Waals surface area contributed by atoms with Crippen LogP contribution in [0.1, 0.15) is 82.3 Å². The van der Waals surface area contributed by atoms with E-state index in [0.29, 0.717) is 0 Å². The van der Waals surface area contributed by atoms with Gasteiger partial charge in [0.15, 0.2) is 0 Å². The van der Waals surface area contributed by atoms with Gasteiger partial charge in [-0.05, 0) is 48.3 Å². The summed E-state index contributed by atoms with van der Waals surface area (Å²) in [5, 5.41) is 8.67. The second kappa shape index (κ2) is 11.1. The highest BCUT2D eigenvalue weighted by Crippen LogP contribution is 2.33. The molecule has 0 bridgehead atoms. The molecule has 138 valence electrons. The summed E-state index contributed by atoms with van der Waals surface area (Å²) in [6.45, 7) is 2.28. The lowest BCUT2D eigenvalue weighted by molar-refractivity contribution is -0.131. The summed E-state index contributed by atoms with van der Waals surface area (Å²) in [5.74, 6) is 0.907. The topological polar surface area (TPSA) is 37.3 Å². The Kier molecular flexibility index (Phi) is 8.79. The van der Waals surface area contributed by atoms with Crippen LogP contribution in [-0.2, 0) is 11.2 Å². The van der Waals surface area contributed by atoms with E-state index in [1.807, 2.05) is 12.1 Å². The molecule has 0 unspecified atom stereocenters. The minimum Gasteiger partial charge on any atom is -0.478 e. The Hall–Kier alpha value is -1.57. The molecule has 1 aromatic carbocycles. The number of carboxylic acid groups (broad SMARTS) is 1. The first-order valence-corrected chi connectivity index (χ1v) is 10.2. The molecule has 1 aromatic rings. The summed E-state index contributed by atoms with van der Waals surface area (Å²) >= 11 is 0. The highest BCUT2D eigenvalue weighted by Gasteiger charge is 2.20. The standard InChI is InChI=1S/C23H34O2/c1-2-3-4-5-6-7-19-8-12-21(13-9-19)18-22-14-10-20(11-15-22)16-17-23(24)25/h10-11,14-17,19,21H,2-9,12-13,18H2,1H3,(H,24,25)/b17-16+. The minimum atomic E-state index is -0.897. The highest BCUT2D eigenvalue weighted by molar-refractivity contribution is 5.85. The van der Waals surface area contributed by atoms with E-state index in [1.54, 1.807) is 6.08 Å². The normalized spacial score (nSPS) is 20.8. The maximum atomic E-state index is 10.6. The highest BCUT2D eigenvalue weighted by atomic mass is 16.4. The summed E-state index contributed by atoms with van der Waals surface area (Å²) in [5.41, 5.74) is 2.34. The van der Waals surface area contributed by atoms with Crippen LogP contribution in [0.25, 0.3) is 6.08 Å². The number of benzene rings is 1. The number of carbonyl (C=O) groups is 1. The van der Waals surface area contributed by atoms with E-state index in [-0.39, 0.29) is 0 Å². The SMILES string of the molecule is CCCCCCCC1CCC(Cc2ccc(/C=C/C(=O)O)cc2)CC1. The van der Waals surface area contributed by atoms with E-state index in [2.05, 4.69) is 19.1 Å². The molecule has 0 radical (unpaired) electrons. The number of unbranched alkanes of at least 4 members (excludes halogenated alkanes) is 4. The third-order valence-electron chi connectivity index (χ3n) is 5.60. The summed E-state index contributed by atoms with van der Waals surface area (Å²) in [7, 11) is 0. The molecule has 0 aliphatic heterocycles. The van der Waals surface area contributed by atoms with Crippen LogP contribution >= 0.6 is 0 Å². The molecule has 1 saturated carbocycles. The lowest BCUT2D eigenvalue weighted by Gasteiger charge is -2.28. The number of rotatable bonds is 10. The number of carboxylic acids is 1. The first-order chi connectivity index (χ1) is 12.2. The first kappa shape index (κ1) is 19.8. The van der Waals surface area contributed by atoms with E-state index in [0.717, 1.165) is 17.4 Å². The summed E-state index contributed by atoms with van der Waals surface area (Å²) in [6.07, 6.45) is 18.1. The average molecular weight is 343 g/mol. The van der Waals surface area contributed by atoms with Crippen LogP contribution in [-0.4, -0.2) is 11.1 Å². The van der Waals surface area contributed by atoms with E-state index < -0.39 is 5.97 Å². The van der Waals surface area contributed by atoms with Crippen LogP contribution in [0.3, 0.4) is 0 Å². The van der Waals surface area contributed by atoms with Gasteiger partial charge in [-0.1, -0.05) is 82.6 Å². The van der Waals surface area contributed by atoms with Gasteiger partial charge in [-0.25, -0.2) is 4.79 Å². The zero-order chi connectivity index (χ0) is 17.9. The van der Waals surface area contributed by atoms with Gasteiger partial charge in [-0.3, -0.25) is 0 Å². The fraction of sp³-hybridized carbons (Fsp3) is 0.609. The number of hydrogen-bond acceptors (Lipinski definition) is 1. The van der Waals surface area contributed by atoms with Crippen molar-refractivity contribution in [3.63, 3.8) is 0 Å². The van der Waals surface area contributed by atoms with Crippen molar-refractivity contribution < 1.29 is 9.90 Å². The molecule has 25 heavy (non-hydrogen) atoms. The molecule has 0 atom stereocenters. The van der Waals surface area contributed by atoms with Gasteiger partial charge in [0.1, 0.15) is 0 Å². The van der Waals surface area contributed by atoms with Gasteiger partial charge < -0.3 is 5.11 Å². The Morgan fingerprint density at radius 1 is 1.00 bits per heavy atom. The van der Waals surface area contributed by atoms with Gasteiger partial charge in [0.2, 0.25) is 0 Å². The second-order valence-electron chi connectivity index (χ2n) is 7.71. The molecule has 2 rings (SSSR count). The second-order valence-corrected chi connectivity index (χ2v) is 7.71. The number of aliphatic carboxylic acids is 1. The van der Waals surface area contributed by atoms with Gasteiger partial charge in [0, 0.05) is 6.08 Å². The monoisotopic (exact) mass is 342 g/mol. The first-order valence-electron chi connectivity index (χ1n) is 10.2. The van der Waals surface area contributed by atoms with Crippen molar-refractivity contribution in [3.05, 3.63) is 41.5 Å². The van der Waals surface area contributed by atoms with Crippen molar-refractivity contribution >= 4 is 12.0 Å². The quantitative estimate of drug-likeness (QED) is 0.389. The molecule has 0 saturated heterocycles. The van der Waals surface area contributed by atoms with Gasteiger partial charge in [0.05, 0.1) is 0 Å². The van der Waals surface area contributed by atoms with Crippen molar-refractivity contribution in [2.24, 2.45) is 11.8 Å². The summed E-state index contributed by atoms with van der Waals surface area (Å²) < 4.78 is 0. The third-order valence-corrected chi connectivity index (χ3v) is 5.60. The Labute approximate surface area is 153 Å². The average Bonchev–Trinajstić information content (AvgIpc) is 2.62. The molecule has 0 amide bonds. The lowest BCUT2D eigenvalue weighted by atomic mass is 9.77. The van der Waals surface area contributed by atoms with Crippen molar-refractivity contribution in [1.82, 2.24) is 0 Å². The lowest BCUT2D eigenvalue weighted by Crippen LogP contribution is -2.16. The molecular formula is C23H34O2. The Morgan fingerprint density at radius 2 is 1.64 bits per heavy atom. The Bertz CT molecular complexity index is 522. The van der Waals surface area contributed by atoms with Crippen LogP contribution in [0.4, 0.5) is 0 Å². The van der Waals surface area contributed by atoms with E-state index in [4.69, 9.17) is 5.11 Å². The van der Waals surface area contributed by atoms with Gasteiger partial charge in [-0.2, -0.15) is 0 Å². The fourth-order valence-electron chi connectivity index (χ4n) is 4.03. The van der Waals surface area contributed by atoms with Gasteiger partial charge >= 0.3 is 5.97 Å². The summed E-state index contributed by atoms with van der Waals surface area (Å²) in [6, 6.07) is 8.36. The zero-order valence-electron chi connectivity index (χ0n) is 15.8. The van der Waals surface area contributed by atoms with Crippen molar-refractivity contribution in [2.45, 2.75) is 77.6 Å². The molecule has 2 nitrogen and oxygen atoms in total. The summed E-state index contributed by atoms with van der Waals surface area (Å²) in [4.78, 5) is 10.6. The predicted octanol–water partition coefficient (Wildman–Crippen LogP) is 6.49. The zero-order valence-corrected chi connectivity index (χ0v) is 15.8. The Morgan fingerprint density at radius 3 is 2.28 bits per heavy atom. The molecule has 0 aromatic heterocycles. The Balaban J connectivity index is 1.67. The van der Waals surface area contributed by atoms with Crippen molar-refractivity contribution in [2.75, 3.05) is 0 Å². The molecular weight excluding hydrogens is 308 g/mol. The van der Waals surface area contributed by atoms with Crippen LogP contribution in [0.2, 0.25) is 0 Å². The molecule has 1 fully saturated rings. The molecule has 0 spiro atoms. The molecule has 0 heterocycles. The molecule has 1 aliphatic rings. The molecule has 1 aliphatic carbocycles. The molecule has 1 N–H and O–H groups in total. The third kappa shape index (κ3) is 7.90. The maximum absolute atomic E-state index is 10.6.